The topological polar surface area (TPSA) is 97.2 Å². The van der Waals surface area contributed by atoms with E-state index in [-0.39, 0.29) is 5.91 Å². The highest BCUT2D eigenvalue weighted by atomic mass is 16.5. The highest BCUT2D eigenvalue weighted by Gasteiger charge is 2.16. The lowest BCUT2D eigenvalue weighted by Crippen LogP contribution is -2.18. The van der Waals surface area contributed by atoms with Gasteiger partial charge in [0.25, 0.3) is 5.91 Å². The first kappa shape index (κ1) is 22.4. The van der Waals surface area contributed by atoms with E-state index in [1.807, 2.05) is 54.6 Å². The largest absolute Gasteiger partial charge is 0.497 e. The number of hydrogen-bond donors (Lipinski definition) is 2. The maximum absolute atomic E-state index is 12.9. The van der Waals surface area contributed by atoms with Crippen molar-refractivity contribution in [3.8, 4) is 17.0 Å². The van der Waals surface area contributed by atoms with Crippen LogP contribution >= 0.6 is 0 Å². The molecule has 0 saturated carbocycles. The summed E-state index contributed by atoms with van der Waals surface area (Å²) < 4.78 is 6.86. The van der Waals surface area contributed by atoms with E-state index in [9.17, 15) is 4.79 Å². The summed E-state index contributed by atoms with van der Waals surface area (Å²) in [7, 11) is 3.37. The zero-order valence-corrected chi connectivity index (χ0v) is 19.7. The molecule has 0 radical (unpaired) electrons. The number of aryl methyl sites for hydroxylation is 1. The van der Waals surface area contributed by atoms with Crippen molar-refractivity contribution in [1.29, 1.82) is 0 Å². The van der Waals surface area contributed by atoms with Crippen molar-refractivity contribution in [3.05, 3.63) is 72.6 Å². The molecular formula is C26H27N7O2. The molecular weight excluding hydrogens is 442 g/mol. The first-order valence-corrected chi connectivity index (χ1v) is 11.5. The molecule has 0 aliphatic carbocycles. The van der Waals surface area contributed by atoms with Gasteiger partial charge < -0.3 is 20.3 Å². The quantitative estimate of drug-likeness (QED) is 0.412. The van der Waals surface area contributed by atoms with E-state index in [0.29, 0.717) is 22.9 Å². The Bertz CT molecular complexity index is 1330. The molecule has 2 aromatic heterocycles. The van der Waals surface area contributed by atoms with E-state index in [0.717, 1.165) is 35.8 Å². The molecule has 4 aromatic rings. The average Bonchev–Trinajstić information content (AvgIpc) is 3.56. The zero-order valence-electron chi connectivity index (χ0n) is 19.7. The van der Waals surface area contributed by atoms with E-state index >= 15 is 0 Å². The molecule has 2 N–H and O–H groups in total. The molecule has 178 valence electrons. The van der Waals surface area contributed by atoms with Gasteiger partial charge in [-0.05, 0) is 55.3 Å². The van der Waals surface area contributed by atoms with Crippen LogP contribution in [-0.2, 0) is 7.05 Å². The number of benzene rings is 2. The van der Waals surface area contributed by atoms with E-state index < -0.39 is 0 Å². The normalized spacial score (nSPS) is 13.0. The van der Waals surface area contributed by atoms with Crippen LogP contribution in [0.1, 0.15) is 23.3 Å². The van der Waals surface area contributed by atoms with E-state index in [4.69, 9.17) is 4.74 Å². The van der Waals surface area contributed by atoms with Crippen molar-refractivity contribution in [2.45, 2.75) is 12.8 Å². The van der Waals surface area contributed by atoms with Crippen molar-refractivity contribution < 1.29 is 9.53 Å². The van der Waals surface area contributed by atoms with Crippen LogP contribution < -0.4 is 20.3 Å². The summed E-state index contributed by atoms with van der Waals surface area (Å²) in [4.78, 5) is 15.2. The van der Waals surface area contributed by atoms with Gasteiger partial charge in [0.15, 0.2) is 5.82 Å². The fourth-order valence-electron chi connectivity index (χ4n) is 4.15. The lowest BCUT2D eigenvalue weighted by Gasteiger charge is -2.17. The second-order valence-corrected chi connectivity index (χ2v) is 8.42. The second-order valence-electron chi connectivity index (χ2n) is 8.42. The van der Waals surface area contributed by atoms with Crippen LogP contribution in [0.2, 0.25) is 0 Å². The molecule has 1 saturated heterocycles. The maximum Gasteiger partial charge on any atom is 0.273 e. The van der Waals surface area contributed by atoms with Gasteiger partial charge in [0.1, 0.15) is 11.4 Å². The fourth-order valence-corrected chi connectivity index (χ4v) is 4.15. The number of aromatic nitrogens is 4. The minimum atomic E-state index is -0.237. The molecule has 1 amide bonds. The fraction of sp³-hybridized carbons (Fsp3) is 0.231. The Kier molecular flexibility index (Phi) is 6.30. The Morgan fingerprint density at radius 2 is 1.77 bits per heavy atom. The van der Waals surface area contributed by atoms with Gasteiger partial charge in [0.2, 0.25) is 0 Å². The van der Waals surface area contributed by atoms with Crippen LogP contribution in [0, 0.1) is 0 Å². The zero-order chi connectivity index (χ0) is 24.2. The number of ether oxygens (including phenoxy) is 1. The molecule has 9 heteroatoms. The molecule has 0 atom stereocenters. The number of amides is 1. The highest BCUT2D eigenvalue weighted by Crippen LogP contribution is 2.25. The molecule has 5 rings (SSSR count). The number of carbonyl (C=O) groups is 1. The van der Waals surface area contributed by atoms with E-state index in [1.54, 1.807) is 31.1 Å². The van der Waals surface area contributed by atoms with Gasteiger partial charge in [-0.2, -0.15) is 10.2 Å². The van der Waals surface area contributed by atoms with Gasteiger partial charge in [0, 0.05) is 43.1 Å². The van der Waals surface area contributed by atoms with Crippen molar-refractivity contribution in [2.75, 3.05) is 35.7 Å². The minimum Gasteiger partial charge on any atom is -0.497 e. The Morgan fingerprint density at radius 1 is 1.00 bits per heavy atom. The van der Waals surface area contributed by atoms with Gasteiger partial charge in [-0.25, -0.2) is 0 Å². The molecule has 0 bridgehead atoms. The molecule has 0 spiro atoms. The van der Waals surface area contributed by atoms with Gasteiger partial charge >= 0.3 is 0 Å². The monoisotopic (exact) mass is 469 g/mol. The number of carbonyl (C=O) groups excluding carboxylic acids is 1. The summed E-state index contributed by atoms with van der Waals surface area (Å²) in [5.41, 5.74) is 4.66. The molecule has 1 fully saturated rings. The third-order valence-electron chi connectivity index (χ3n) is 6.00. The van der Waals surface area contributed by atoms with Gasteiger partial charge in [-0.1, -0.05) is 12.1 Å². The number of rotatable bonds is 7. The summed E-state index contributed by atoms with van der Waals surface area (Å²) in [6.45, 7) is 2.11. The molecule has 35 heavy (non-hydrogen) atoms. The predicted molar refractivity (Wildman–Crippen MR) is 136 cm³/mol. The summed E-state index contributed by atoms with van der Waals surface area (Å²) in [6.07, 6.45) is 4.21. The number of anilines is 4. The highest BCUT2D eigenvalue weighted by molar-refractivity contribution is 6.03. The minimum absolute atomic E-state index is 0.237. The van der Waals surface area contributed by atoms with Gasteiger partial charge in [-0.3, -0.25) is 9.48 Å². The maximum atomic E-state index is 12.9. The average molecular weight is 470 g/mol. The molecule has 3 heterocycles. The number of nitrogens with zero attached hydrogens (tertiary/aromatic N) is 5. The standard InChI is InChI=1S/C26H27N7O2/c1-32-24(16-23(31-32)18-6-5-7-22(14-18)35-2)26(34)29-20-10-8-19(9-11-20)28-25-15-21(17-27-30-25)33-12-3-4-13-33/h5-11,14-17H,3-4,12-13H2,1-2H3,(H,28,30)(H,29,34). The number of hydrogen-bond acceptors (Lipinski definition) is 7. The third kappa shape index (κ3) is 5.08. The van der Waals surface area contributed by atoms with Gasteiger partial charge in [0.05, 0.1) is 24.7 Å². The molecule has 1 aliphatic rings. The summed E-state index contributed by atoms with van der Waals surface area (Å²) in [5, 5.41) is 19.0. The van der Waals surface area contributed by atoms with E-state index in [2.05, 4.69) is 30.8 Å². The first-order chi connectivity index (χ1) is 17.1. The van der Waals surface area contributed by atoms with Crippen molar-refractivity contribution in [3.63, 3.8) is 0 Å². The van der Waals surface area contributed by atoms with Gasteiger partial charge in [-0.15, -0.1) is 5.10 Å². The second kappa shape index (κ2) is 9.84. The number of nitrogens with one attached hydrogen (secondary N) is 2. The summed E-state index contributed by atoms with van der Waals surface area (Å²) in [5.74, 6) is 1.19. The van der Waals surface area contributed by atoms with Crippen molar-refractivity contribution in [1.82, 2.24) is 20.0 Å². The molecule has 2 aromatic carbocycles. The Balaban J connectivity index is 1.25. The Hall–Kier alpha value is -4.40. The Labute approximate surface area is 203 Å². The SMILES string of the molecule is COc1cccc(-c2cc(C(=O)Nc3ccc(Nc4cc(N5CCCC5)cnn4)cc3)n(C)n2)c1. The molecule has 0 unspecified atom stereocenters. The van der Waals surface area contributed by atoms with Crippen LogP contribution in [0.15, 0.2) is 66.9 Å². The van der Waals surface area contributed by atoms with Crippen LogP contribution in [0.4, 0.5) is 22.9 Å². The predicted octanol–water partition coefficient (Wildman–Crippen LogP) is 4.48. The van der Waals surface area contributed by atoms with Crippen LogP contribution in [-0.4, -0.2) is 46.1 Å². The third-order valence-corrected chi connectivity index (χ3v) is 6.00. The Morgan fingerprint density at radius 3 is 2.54 bits per heavy atom. The van der Waals surface area contributed by atoms with Crippen LogP contribution in [0.3, 0.4) is 0 Å². The first-order valence-electron chi connectivity index (χ1n) is 11.5. The number of methoxy groups -OCH3 is 1. The lowest BCUT2D eigenvalue weighted by atomic mass is 10.1. The molecule has 9 nitrogen and oxygen atoms in total. The van der Waals surface area contributed by atoms with Crippen LogP contribution in [0.25, 0.3) is 11.3 Å². The van der Waals surface area contributed by atoms with Crippen molar-refractivity contribution >= 4 is 28.8 Å². The molecule has 1 aliphatic heterocycles. The summed E-state index contributed by atoms with van der Waals surface area (Å²) >= 11 is 0. The van der Waals surface area contributed by atoms with Crippen molar-refractivity contribution in [2.24, 2.45) is 7.05 Å². The van der Waals surface area contributed by atoms with Crippen LogP contribution in [0.5, 0.6) is 5.75 Å². The van der Waals surface area contributed by atoms with E-state index in [1.165, 1.54) is 12.8 Å². The lowest BCUT2D eigenvalue weighted by molar-refractivity contribution is 0.101. The summed E-state index contributed by atoms with van der Waals surface area (Å²) in [6, 6.07) is 18.8. The smallest absolute Gasteiger partial charge is 0.273 e.